The molecule has 1 saturated heterocycles. The van der Waals surface area contributed by atoms with E-state index in [0.29, 0.717) is 12.8 Å². The minimum absolute atomic E-state index is 0.371. The Hall–Kier alpha value is -0.310. The minimum atomic E-state index is -5.38. The topological polar surface area (TPSA) is 66.8 Å². The van der Waals surface area contributed by atoms with Gasteiger partial charge in [-0.1, -0.05) is 0 Å². The summed E-state index contributed by atoms with van der Waals surface area (Å²) in [5, 5.41) is -4.23. The molecule has 0 spiro atoms. The molecule has 1 aliphatic rings. The lowest BCUT2D eigenvalue weighted by Crippen LogP contribution is -2.39. The molecule has 0 atom stereocenters. The van der Waals surface area contributed by atoms with Crippen LogP contribution >= 0.6 is 0 Å². The summed E-state index contributed by atoms with van der Waals surface area (Å²) >= 11 is 0. The first-order valence-electron chi connectivity index (χ1n) is 4.87. The molecule has 0 unspecified atom stereocenters. The van der Waals surface area contributed by atoms with Gasteiger partial charge in [0.15, 0.2) is 0 Å². The zero-order valence-corrected chi connectivity index (χ0v) is 9.71. The second-order valence-corrected chi connectivity index (χ2v) is 5.47. The molecule has 1 N–H and O–H groups in total. The first kappa shape index (κ1) is 13.8. The molecule has 0 amide bonds. The Kier molecular flexibility index (Phi) is 4.22. The van der Waals surface area contributed by atoms with E-state index < -0.39 is 22.0 Å². The Morgan fingerprint density at radius 3 is 2.38 bits per heavy atom. The molecule has 16 heavy (non-hydrogen) atoms. The summed E-state index contributed by atoms with van der Waals surface area (Å²) < 4.78 is 59.2. The van der Waals surface area contributed by atoms with Crippen molar-refractivity contribution in [3.8, 4) is 0 Å². The highest BCUT2D eigenvalue weighted by Crippen LogP contribution is 2.23. The van der Waals surface area contributed by atoms with E-state index in [9.17, 15) is 17.2 Å². The molecule has 0 radical (unpaired) electrons. The van der Waals surface area contributed by atoms with Crippen LogP contribution in [0, 0.1) is 0 Å². The third-order valence-electron chi connectivity index (χ3n) is 2.53. The normalized spacial score (nSPS) is 21.2. The second-order valence-electron chi connectivity index (χ2n) is 3.93. The van der Waals surface area contributed by atoms with Gasteiger partial charge in [0.1, 0.15) is 6.61 Å². The average molecular weight is 259 g/mol. The van der Waals surface area contributed by atoms with Crippen LogP contribution in [-0.4, -0.2) is 56.0 Å². The van der Waals surface area contributed by atoms with Gasteiger partial charge in [-0.05, 0) is 19.9 Å². The number of nitrogens with zero attached hydrogens (tertiary/aromatic N) is 1. The van der Waals surface area contributed by atoms with E-state index in [-0.39, 0.29) is 6.10 Å². The molecule has 0 aromatic rings. The summed E-state index contributed by atoms with van der Waals surface area (Å²) in [6.07, 6.45) is 0.791. The van der Waals surface area contributed by atoms with Crippen LogP contribution in [-0.2, 0) is 14.9 Å². The maximum Gasteiger partial charge on any atom is 0.392 e. The van der Waals surface area contributed by atoms with Crippen molar-refractivity contribution in [2.45, 2.75) is 24.2 Å². The van der Waals surface area contributed by atoms with Gasteiger partial charge in [0.25, 0.3) is 0 Å². The fraction of sp³-hybridized carbons (Fsp3) is 1.00. The van der Waals surface area contributed by atoms with E-state index in [1.165, 1.54) is 0 Å². The van der Waals surface area contributed by atoms with Crippen LogP contribution in [0.4, 0.5) is 8.78 Å². The van der Waals surface area contributed by atoms with E-state index in [4.69, 9.17) is 9.29 Å². The fourth-order valence-electron chi connectivity index (χ4n) is 1.44. The van der Waals surface area contributed by atoms with Gasteiger partial charge in [-0.2, -0.15) is 17.2 Å². The van der Waals surface area contributed by atoms with Crippen molar-refractivity contribution in [3.63, 3.8) is 0 Å². The van der Waals surface area contributed by atoms with Crippen LogP contribution in [0.3, 0.4) is 0 Å². The summed E-state index contributed by atoms with van der Waals surface area (Å²) in [7, 11) is -3.48. The van der Waals surface area contributed by atoms with Gasteiger partial charge in [-0.3, -0.25) is 4.55 Å². The lowest BCUT2D eigenvalue weighted by atomic mass is 10.1. The number of likely N-dealkylation sites (tertiary alicyclic amines) is 1. The largest absolute Gasteiger partial charge is 0.392 e. The third-order valence-corrected chi connectivity index (χ3v) is 3.40. The van der Waals surface area contributed by atoms with Crippen molar-refractivity contribution < 1.29 is 26.5 Å². The Bertz CT molecular complexity index is 325. The van der Waals surface area contributed by atoms with E-state index in [1.54, 1.807) is 0 Å². The van der Waals surface area contributed by atoms with E-state index in [2.05, 4.69) is 0 Å². The molecule has 0 aliphatic carbocycles. The van der Waals surface area contributed by atoms with E-state index in [1.807, 2.05) is 11.9 Å². The molecule has 0 aromatic heterocycles. The number of hydrogen-bond acceptors (Lipinski definition) is 4. The first-order chi connectivity index (χ1) is 7.22. The van der Waals surface area contributed by atoms with Crippen LogP contribution in [0.2, 0.25) is 0 Å². The average Bonchev–Trinajstić information content (AvgIpc) is 2.15. The first-order valence-corrected chi connectivity index (χ1v) is 6.31. The fourth-order valence-corrected chi connectivity index (χ4v) is 1.66. The Morgan fingerprint density at radius 1 is 1.44 bits per heavy atom. The zero-order chi connectivity index (χ0) is 12.4. The molecule has 8 heteroatoms. The molecule has 96 valence electrons. The maximum absolute atomic E-state index is 12.8. The van der Waals surface area contributed by atoms with Gasteiger partial charge in [0.2, 0.25) is 0 Å². The molecule has 1 rings (SSSR count). The van der Waals surface area contributed by atoms with E-state index in [0.717, 1.165) is 13.1 Å². The highest BCUT2D eigenvalue weighted by Gasteiger charge is 2.45. The molecule has 1 aliphatic heterocycles. The predicted molar refractivity (Wildman–Crippen MR) is 53.0 cm³/mol. The smallest absolute Gasteiger partial charge is 0.371 e. The second kappa shape index (κ2) is 4.91. The number of rotatable bonds is 4. The SMILES string of the molecule is CN1CCC(OCC(F)(F)S(=O)(=O)O)CC1. The third kappa shape index (κ3) is 3.62. The van der Waals surface area contributed by atoms with Crippen LogP contribution < -0.4 is 0 Å². The van der Waals surface area contributed by atoms with Crippen molar-refractivity contribution in [2.75, 3.05) is 26.7 Å². The van der Waals surface area contributed by atoms with Gasteiger partial charge < -0.3 is 9.64 Å². The number of ether oxygens (including phenoxy) is 1. The molecule has 0 bridgehead atoms. The Morgan fingerprint density at radius 2 is 1.94 bits per heavy atom. The lowest BCUT2D eigenvalue weighted by molar-refractivity contribution is -0.0670. The Balaban J connectivity index is 2.40. The van der Waals surface area contributed by atoms with Gasteiger partial charge in [0, 0.05) is 13.1 Å². The van der Waals surface area contributed by atoms with Crippen LogP contribution in [0.15, 0.2) is 0 Å². The lowest BCUT2D eigenvalue weighted by Gasteiger charge is -2.29. The molecule has 0 aromatic carbocycles. The van der Waals surface area contributed by atoms with Gasteiger partial charge >= 0.3 is 15.4 Å². The monoisotopic (exact) mass is 259 g/mol. The summed E-state index contributed by atoms with van der Waals surface area (Å²) in [5.41, 5.74) is 0. The van der Waals surface area contributed by atoms with Crippen molar-refractivity contribution in [3.05, 3.63) is 0 Å². The van der Waals surface area contributed by atoms with Crippen molar-refractivity contribution in [1.29, 1.82) is 0 Å². The van der Waals surface area contributed by atoms with Gasteiger partial charge in [-0.15, -0.1) is 0 Å². The number of piperidine rings is 1. The van der Waals surface area contributed by atoms with Gasteiger partial charge in [-0.25, -0.2) is 0 Å². The van der Waals surface area contributed by atoms with Crippen LogP contribution in [0.5, 0.6) is 0 Å². The standard InChI is InChI=1S/C8H15F2NO4S/c1-11-4-2-7(3-5-11)15-6-8(9,10)16(12,13)14/h7H,2-6H2,1H3,(H,12,13,14). The quantitative estimate of drug-likeness (QED) is 0.748. The molecule has 5 nitrogen and oxygen atoms in total. The predicted octanol–water partition coefficient (Wildman–Crippen LogP) is 0.578. The van der Waals surface area contributed by atoms with Crippen molar-refractivity contribution >= 4 is 10.1 Å². The highest BCUT2D eigenvalue weighted by atomic mass is 32.2. The molecular weight excluding hydrogens is 244 g/mol. The molecular formula is C8H15F2NO4S. The molecule has 1 fully saturated rings. The van der Waals surface area contributed by atoms with E-state index >= 15 is 0 Å². The summed E-state index contributed by atoms with van der Waals surface area (Å²) in [6, 6.07) is 0. The van der Waals surface area contributed by atoms with Crippen LogP contribution in [0.1, 0.15) is 12.8 Å². The van der Waals surface area contributed by atoms with Gasteiger partial charge in [0.05, 0.1) is 6.10 Å². The summed E-state index contributed by atoms with van der Waals surface area (Å²) in [6.45, 7) is 0.157. The number of halogens is 2. The summed E-state index contributed by atoms with van der Waals surface area (Å²) in [5.74, 6) is 0. The van der Waals surface area contributed by atoms with Crippen molar-refractivity contribution in [1.82, 2.24) is 4.90 Å². The maximum atomic E-state index is 12.8. The van der Waals surface area contributed by atoms with Crippen molar-refractivity contribution in [2.24, 2.45) is 0 Å². The molecule has 0 saturated carbocycles. The highest BCUT2D eigenvalue weighted by molar-refractivity contribution is 7.86. The molecule has 1 heterocycles. The number of alkyl halides is 2. The Labute approximate surface area is 93.1 Å². The number of hydrogen-bond donors (Lipinski definition) is 1. The summed E-state index contributed by atoms with van der Waals surface area (Å²) in [4.78, 5) is 2.03. The van der Waals surface area contributed by atoms with Crippen LogP contribution in [0.25, 0.3) is 0 Å². The zero-order valence-electron chi connectivity index (χ0n) is 8.90. The minimum Gasteiger partial charge on any atom is -0.371 e.